The Morgan fingerprint density at radius 1 is 1.17 bits per heavy atom. The van der Waals surface area contributed by atoms with Gasteiger partial charge in [-0.15, -0.1) is 0 Å². The number of benzene rings is 1. The molecule has 2 amide bonds. The molecule has 0 aliphatic heterocycles. The number of rotatable bonds is 5. The second kappa shape index (κ2) is 8.04. The van der Waals surface area contributed by atoms with Crippen LogP contribution in [-0.4, -0.2) is 35.8 Å². The molecule has 0 spiro atoms. The molecule has 0 saturated heterocycles. The van der Waals surface area contributed by atoms with Crippen LogP contribution in [0.4, 0.5) is 0 Å². The van der Waals surface area contributed by atoms with Gasteiger partial charge < -0.3 is 9.47 Å². The van der Waals surface area contributed by atoms with Crippen molar-refractivity contribution in [3.8, 4) is 5.75 Å². The number of amides is 2. The zero-order valence-corrected chi connectivity index (χ0v) is 19.0. The zero-order chi connectivity index (χ0) is 21.5. The molecule has 2 N–H and O–H groups in total. The summed E-state index contributed by atoms with van der Waals surface area (Å²) < 4.78 is 10.5. The lowest BCUT2D eigenvalue weighted by atomic mass is 9.49. The van der Waals surface area contributed by atoms with Crippen LogP contribution in [-0.2, 0) is 14.3 Å². The summed E-state index contributed by atoms with van der Waals surface area (Å²) in [6.07, 6.45) is 5.84. The number of ether oxygens (including phenoxy) is 2. The smallest absolute Gasteiger partial charge is 0.312 e. The highest BCUT2D eigenvalue weighted by Crippen LogP contribution is 2.64. The monoisotopic (exact) mass is 498 g/mol. The van der Waals surface area contributed by atoms with E-state index in [4.69, 9.17) is 21.1 Å². The number of hydrogen-bond donors (Lipinski definition) is 2. The van der Waals surface area contributed by atoms with Crippen molar-refractivity contribution in [2.24, 2.45) is 17.3 Å². The average molecular weight is 500 g/mol. The summed E-state index contributed by atoms with van der Waals surface area (Å²) >= 11 is 9.79. The van der Waals surface area contributed by atoms with Gasteiger partial charge in [0.2, 0.25) is 0 Å². The first-order valence-electron chi connectivity index (χ1n) is 10.0. The van der Waals surface area contributed by atoms with E-state index in [1.807, 2.05) is 0 Å². The summed E-state index contributed by atoms with van der Waals surface area (Å²) in [5.41, 5.74) is 4.24. The molecule has 0 heterocycles. The van der Waals surface area contributed by atoms with Crippen molar-refractivity contribution in [2.75, 3.05) is 13.7 Å². The Hall–Kier alpha value is -1.80. The Bertz CT molecular complexity index is 878. The van der Waals surface area contributed by atoms with Crippen molar-refractivity contribution in [3.63, 3.8) is 0 Å². The van der Waals surface area contributed by atoms with Gasteiger partial charge in [-0.1, -0.05) is 27.5 Å². The molecule has 0 radical (unpaired) electrons. The quantitative estimate of drug-likeness (QED) is 0.368. The number of methoxy groups -OCH3 is 1. The molecule has 30 heavy (non-hydrogen) atoms. The second-order valence-corrected chi connectivity index (χ2v) is 10.9. The third-order valence-corrected chi connectivity index (χ3v) is 7.64. The molecule has 0 aromatic heterocycles. The van der Waals surface area contributed by atoms with Gasteiger partial charge in [-0.2, -0.15) is 0 Å². The van der Waals surface area contributed by atoms with Gasteiger partial charge in [-0.3, -0.25) is 25.2 Å². The number of carbonyl (C=O) groups is 3. The Morgan fingerprint density at radius 2 is 1.87 bits per heavy atom. The topological polar surface area (TPSA) is 93.7 Å². The first-order valence-corrected chi connectivity index (χ1v) is 11.2. The highest BCUT2D eigenvalue weighted by Gasteiger charge is 2.60. The van der Waals surface area contributed by atoms with Crippen molar-refractivity contribution >= 4 is 45.3 Å². The van der Waals surface area contributed by atoms with E-state index in [0.29, 0.717) is 22.6 Å². The number of hydrogen-bond acceptors (Lipinski definition) is 5. The van der Waals surface area contributed by atoms with E-state index in [1.165, 1.54) is 19.6 Å². The highest BCUT2D eigenvalue weighted by atomic mass is 79.9. The van der Waals surface area contributed by atoms with Gasteiger partial charge in [0.05, 0.1) is 18.1 Å². The molecule has 7 nitrogen and oxygen atoms in total. The van der Waals surface area contributed by atoms with Crippen LogP contribution in [0.25, 0.3) is 0 Å². The standard InChI is InChI=1S/C21H24BrClN2O5/c1-29-16-3-2-14(23)5-15(16)18(27)25-24-17(26)10-30-19(28)20-6-12-4-13(7-20)9-21(22,8-12)11-20/h2-3,5,12-13H,4,6-11H2,1H3,(H,24,26)(H,25,27)/t12-,13-,20?,21?/m1/s1. The van der Waals surface area contributed by atoms with Crippen LogP contribution in [0.2, 0.25) is 5.02 Å². The van der Waals surface area contributed by atoms with E-state index >= 15 is 0 Å². The predicted molar refractivity (Wildman–Crippen MR) is 113 cm³/mol. The number of alkyl halides is 1. The predicted octanol–water partition coefficient (Wildman–Crippen LogP) is 3.39. The van der Waals surface area contributed by atoms with Gasteiger partial charge in [-0.25, -0.2) is 0 Å². The molecule has 9 heteroatoms. The fourth-order valence-electron chi connectivity index (χ4n) is 5.76. The number of nitrogens with one attached hydrogen (secondary N) is 2. The minimum atomic E-state index is -0.615. The van der Waals surface area contributed by atoms with Crippen molar-refractivity contribution in [1.29, 1.82) is 0 Å². The van der Waals surface area contributed by atoms with E-state index < -0.39 is 23.8 Å². The van der Waals surface area contributed by atoms with Crippen LogP contribution in [0, 0.1) is 17.3 Å². The van der Waals surface area contributed by atoms with E-state index in [2.05, 4.69) is 26.8 Å². The second-order valence-electron chi connectivity index (χ2n) is 8.82. The number of halogens is 2. The normalized spacial score (nSPS) is 31.2. The van der Waals surface area contributed by atoms with E-state index in [0.717, 1.165) is 32.1 Å². The molecule has 162 valence electrons. The van der Waals surface area contributed by atoms with Crippen molar-refractivity contribution in [1.82, 2.24) is 10.9 Å². The zero-order valence-electron chi connectivity index (χ0n) is 16.6. The fraction of sp³-hybridized carbons (Fsp3) is 0.571. The van der Waals surface area contributed by atoms with Crippen LogP contribution in [0.15, 0.2) is 18.2 Å². The molecule has 4 fully saturated rings. The summed E-state index contributed by atoms with van der Waals surface area (Å²) in [4.78, 5) is 37.3. The van der Waals surface area contributed by atoms with E-state index in [1.54, 1.807) is 12.1 Å². The summed E-state index contributed by atoms with van der Waals surface area (Å²) in [6, 6.07) is 4.59. The van der Waals surface area contributed by atoms with Gasteiger partial charge >= 0.3 is 5.97 Å². The summed E-state index contributed by atoms with van der Waals surface area (Å²) in [5.74, 6) is -0.105. The molecule has 2 atom stereocenters. The SMILES string of the molecule is COc1ccc(Cl)cc1C(=O)NNC(=O)COC(=O)C12C[C@H]3C[C@@H](CC(Br)(C3)C1)C2. The number of hydrazine groups is 1. The molecule has 4 bridgehead atoms. The van der Waals surface area contributed by atoms with Crippen LogP contribution in [0.1, 0.15) is 48.9 Å². The summed E-state index contributed by atoms with van der Waals surface area (Å²) in [7, 11) is 1.43. The fourth-order valence-corrected chi connectivity index (χ4v) is 7.39. The molecular weight excluding hydrogens is 476 g/mol. The Kier molecular flexibility index (Phi) is 5.74. The average Bonchev–Trinajstić information content (AvgIpc) is 2.68. The van der Waals surface area contributed by atoms with Gasteiger partial charge in [0.1, 0.15) is 5.75 Å². The molecule has 0 unspecified atom stereocenters. The molecule has 5 rings (SSSR count). The molecular formula is C21H24BrClN2O5. The van der Waals surface area contributed by atoms with E-state index in [-0.39, 0.29) is 15.9 Å². The lowest BCUT2D eigenvalue weighted by Gasteiger charge is -2.58. The molecule has 4 aliphatic carbocycles. The van der Waals surface area contributed by atoms with Crippen molar-refractivity contribution < 1.29 is 23.9 Å². The molecule has 4 saturated carbocycles. The maximum absolute atomic E-state index is 12.9. The van der Waals surface area contributed by atoms with Crippen molar-refractivity contribution in [2.45, 2.75) is 42.8 Å². The van der Waals surface area contributed by atoms with Crippen LogP contribution in [0.5, 0.6) is 5.75 Å². The van der Waals surface area contributed by atoms with E-state index in [9.17, 15) is 14.4 Å². The summed E-state index contributed by atoms with van der Waals surface area (Å²) in [6.45, 7) is -0.446. The Labute approximate surface area is 188 Å². The molecule has 1 aromatic rings. The van der Waals surface area contributed by atoms with Crippen molar-refractivity contribution in [3.05, 3.63) is 28.8 Å². The highest BCUT2D eigenvalue weighted by molar-refractivity contribution is 9.10. The molecule has 1 aromatic carbocycles. The van der Waals surface area contributed by atoms with Crippen LogP contribution < -0.4 is 15.6 Å². The lowest BCUT2D eigenvalue weighted by Crippen LogP contribution is -2.56. The van der Waals surface area contributed by atoms with Gasteiger partial charge in [0, 0.05) is 9.35 Å². The lowest BCUT2D eigenvalue weighted by molar-refractivity contribution is -0.171. The van der Waals surface area contributed by atoms with Gasteiger partial charge in [0.25, 0.3) is 11.8 Å². The van der Waals surface area contributed by atoms with Gasteiger partial charge in [-0.05, 0) is 68.6 Å². The minimum Gasteiger partial charge on any atom is -0.496 e. The first-order chi connectivity index (χ1) is 14.2. The van der Waals surface area contributed by atoms with Crippen LogP contribution >= 0.6 is 27.5 Å². The number of esters is 1. The Morgan fingerprint density at radius 3 is 2.50 bits per heavy atom. The Balaban J connectivity index is 1.30. The van der Waals surface area contributed by atoms with Crippen LogP contribution in [0.3, 0.4) is 0 Å². The summed E-state index contributed by atoms with van der Waals surface area (Å²) in [5, 5.41) is 0.362. The van der Waals surface area contributed by atoms with Gasteiger partial charge in [0.15, 0.2) is 6.61 Å². The minimum absolute atomic E-state index is 0.0301. The maximum atomic E-state index is 12.9. The largest absolute Gasteiger partial charge is 0.496 e. The number of carbonyl (C=O) groups excluding carboxylic acids is 3. The maximum Gasteiger partial charge on any atom is 0.312 e. The third-order valence-electron chi connectivity index (χ3n) is 6.48. The first kappa shape index (κ1) is 21.4. The third kappa shape index (κ3) is 4.17. The molecule has 4 aliphatic rings.